The normalized spacial score (nSPS) is 12.8. The summed E-state index contributed by atoms with van der Waals surface area (Å²) in [6.07, 6.45) is 0. The molecule has 0 aliphatic carbocycles. The summed E-state index contributed by atoms with van der Waals surface area (Å²) in [5, 5.41) is 11.3. The quantitative estimate of drug-likeness (QED) is 0.557. The van der Waals surface area contributed by atoms with Gasteiger partial charge < -0.3 is 9.64 Å². The molecule has 0 heterocycles. The summed E-state index contributed by atoms with van der Waals surface area (Å²) in [5.74, 6) is 0.212. The topological polar surface area (TPSA) is 102 Å². The number of likely N-dealkylation sites (N-methyl/N-ethyl adjacent to an activating group) is 1. The molecular formula is C17H21N3O5S. The Morgan fingerprint density at radius 1 is 1.19 bits per heavy atom. The molecule has 0 radical (unpaired) electrons. The number of nitro benzene ring substituents is 1. The minimum Gasteiger partial charge on any atom is -0.497 e. The van der Waals surface area contributed by atoms with Gasteiger partial charge in [-0.15, -0.1) is 0 Å². The number of benzene rings is 2. The number of hydrogen-bond acceptors (Lipinski definition) is 6. The van der Waals surface area contributed by atoms with Gasteiger partial charge >= 0.3 is 0 Å². The lowest BCUT2D eigenvalue weighted by atomic mass is 10.1. The fraction of sp³-hybridized carbons (Fsp3) is 0.294. The Morgan fingerprint density at radius 2 is 1.85 bits per heavy atom. The lowest BCUT2D eigenvalue weighted by Gasteiger charge is -2.22. The molecule has 1 unspecified atom stereocenters. The average molecular weight is 379 g/mol. The third-order valence-electron chi connectivity index (χ3n) is 3.70. The zero-order valence-corrected chi connectivity index (χ0v) is 15.6. The van der Waals surface area contributed by atoms with E-state index in [4.69, 9.17) is 4.74 Å². The Balaban J connectivity index is 2.44. The predicted octanol–water partition coefficient (Wildman–Crippen LogP) is 2.18. The molecule has 26 heavy (non-hydrogen) atoms. The molecule has 1 atom stereocenters. The molecule has 0 spiro atoms. The second-order valence-corrected chi connectivity index (χ2v) is 7.62. The van der Waals surface area contributed by atoms with Gasteiger partial charge in [-0.2, -0.15) is 0 Å². The molecule has 2 aromatic rings. The van der Waals surface area contributed by atoms with E-state index in [0.717, 1.165) is 11.6 Å². The maximum atomic E-state index is 12.8. The monoisotopic (exact) mass is 379 g/mol. The van der Waals surface area contributed by atoms with Crippen molar-refractivity contribution in [3.05, 3.63) is 64.2 Å². The van der Waals surface area contributed by atoms with E-state index in [-0.39, 0.29) is 5.75 Å². The van der Waals surface area contributed by atoms with E-state index in [0.29, 0.717) is 6.54 Å². The second kappa shape index (κ2) is 8.26. The summed E-state index contributed by atoms with van der Waals surface area (Å²) >= 11 is 0. The van der Waals surface area contributed by atoms with Crippen molar-refractivity contribution in [1.82, 2.24) is 9.62 Å². The van der Waals surface area contributed by atoms with Gasteiger partial charge in [-0.05, 0) is 31.8 Å². The second-order valence-electron chi connectivity index (χ2n) is 5.94. The van der Waals surface area contributed by atoms with Crippen molar-refractivity contribution < 1.29 is 18.1 Å². The minimum atomic E-state index is -4.13. The molecule has 0 amide bonds. The van der Waals surface area contributed by atoms with Gasteiger partial charge in [0.25, 0.3) is 5.69 Å². The Bertz CT molecular complexity index is 869. The molecule has 0 aromatic heterocycles. The molecule has 1 N–H and O–H groups in total. The van der Waals surface area contributed by atoms with Crippen molar-refractivity contribution in [3.8, 4) is 5.75 Å². The average Bonchev–Trinajstić information content (AvgIpc) is 2.60. The van der Waals surface area contributed by atoms with Crippen LogP contribution in [0.4, 0.5) is 5.69 Å². The van der Waals surface area contributed by atoms with Gasteiger partial charge in [0.2, 0.25) is 10.0 Å². The summed E-state index contributed by atoms with van der Waals surface area (Å²) in [4.78, 5) is 12.0. The van der Waals surface area contributed by atoms with Crippen molar-refractivity contribution in [2.75, 3.05) is 27.7 Å². The van der Waals surface area contributed by atoms with E-state index >= 15 is 0 Å². The smallest absolute Gasteiger partial charge is 0.293 e. The predicted molar refractivity (Wildman–Crippen MR) is 97.7 cm³/mol. The number of sulfonamides is 1. The fourth-order valence-corrected chi connectivity index (χ4v) is 3.87. The molecule has 0 saturated heterocycles. The number of nitrogens with one attached hydrogen (secondary N) is 1. The molecule has 0 aliphatic rings. The van der Waals surface area contributed by atoms with Crippen LogP contribution in [0.25, 0.3) is 0 Å². The van der Waals surface area contributed by atoms with E-state index < -0.39 is 31.6 Å². The summed E-state index contributed by atoms with van der Waals surface area (Å²) in [7, 11) is 0.866. The number of rotatable bonds is 8. The van der Waals surface area contributed by atoms with Crippen LogP contribution in [-0.2, 0) is 10.0 Å². The molecule has 0 fully saturated rings. The van der Waals surface area contributed by atoms with Gasteiger partial charge in [-0.1, -0.05) is 30.3 Å². The first-order valence-electron chi connectivity index (χ1n) is 7.79. The van der Waals surface area contributed by atoms with E-state index in [9.17, 15) is 18.5 Å². The van der Waals surface area contributed by atoms with Crippen LogP contribution in [0.15, 0.2) is 53.4 Å². The molecule has 2 aromatic carbocycles. The Hall–Kier alpha value is -2.49. The number of nitro groups is 1. The third-order valence-corrected chi connectivity index (χ3v) is 5.22. The van der Waals surface area contributed by atoms with Crippen molar-refractivity contribution >= 4 is 15.7 Å². The molecule has 8 nitrogen and oxygen atoms in total. The lowest BCUT2D eigenvalue weighted by molar-refractivity contribution is -0.387. The fourth-order valence-electron chi connectivity index (χ4n) is 2.51. The van der Waals surface area contributed by atoms with Gasteiger partial charge in [-0.25, -0.2) is 13.1 Å². The number of nitrogens with zero attached hydrogens (tertiary/aromatic N) is 2. The first kappa shape index (κ1) is 19.8. The summed E-state index contributed by atoms with van der Waals surface area (Å²) in [6, 6.07) is 12.2. The highest BCUT2D eigenvalue weighted by Crippen LogP contribution is 2.29. The largest absolute Gasteiger partial charge is 0.497 e. The lowest BCUT2D eigenvalue weighted by Crippen LogP contribution is -2.35. The van der Waals surface area contributed by atoms with Crippen LogP contribution in [-0.4, -0.2) is 46.0 Å². The van der Waals surface area contributed by atoms with Crippen molar-refractivity contribution in [3.63, 3.8) is 0 Å². The molecule has 2 rings (SSSR count). The Morgan fingerprint density at radius 3 is 2.38 bits per heavy atom. The van der Waals surface area contributed by atoms with Gasteiger partial charge in [0, 0.05) is 6.54 Å². The molecule has 9 heteroatoms. The zero-order valence-electron chi connectivity index (χ0n) is 14.7. The maximum Gasteiger partial charge on any atom is 0.293 e. The van der Waals surface area contributed by atoms with Gasteiger partial charge in [0.15, 0.2) is 4.90 Å². The van der Waals surface area contributed by atoms with E-state index in [1.165, 1.54) is 19.2 Å². The Kier molecular flexibility index (Phi) is 6.30. The van der Waals surface area contributed by atoms with Crippen LogP contribution < -0.4 is 9.46 Å². The maximum absolute atomic E-state index is 12.8. The third kappa shape index (κ3) is 4.78. The van der Waals surface area contributed by atoms with E-state index in [1.54, 1.807) is 12.1 Å². The summed E-state index contributed by atoms with van der Waals surface area (Å²) in [5.41, 5.74) is 0.231. The first-order valence-corrected chi connectivity index (χ1v) is 9.27. The molecule has 0 saturated carbocycles. The summed E-state index contributed by atoms with van der Waals surface area (Å²) in [6.45, 7) is 0.396. The van der Waals surface area contributed by atoms with Crippen LogP contribution in [0.1, 0.15) is 11.6 Å². The Labute approximate surface area is 152 Å². The highest BCUT2D eigenvalue weighted by molar-refractivity contribution is 7.89. The van der Waals surface area contributed by atoms with Crippen LogP contribution >= 0.6 is 0 Å². The minimum absolute atomic E-state index is 0.212. The molecular weight excluding hydrogens is 358 g/mol. The number of methoxy groups -OCH3 is 1. The van der Waals surface area contributed by atoms with Crippen molar-refractivity contribution in [1.29, 1.82) is 0 Å². The van der Waals surface area contributed by atoms with E-state index in [1.807, 2.05) is 37.2 Å². The van der Waals surface area contributed by atoms with Gasteiger partial charge in [0.05, 0.1) is 24.1 Å². The summed E-state index contributed by atoms with van der Waals surface area (Å²) < 4.78 is 33.2. The van der Waals surface area contributed by atoms with Crippen LogP contribution in [0.5, 0.6) is 5.75 Å². The SMILES string of the molecule is COc1ccc(S(=O)(=O)NC(CN(C)C)c2ccccc2)c([N+](=O)[O-])c1. The molecule has 140 valence electrons. The van der Waals surface area contributed by atoms with Crippen molar-refractivity contribution in [2.45, 2.75) is 10.9 Å². The highest BCUT2D eigenvalue weighted by Gasteiger charge is 2.29. The van der Waals surface area contributed by atoms with Crippen LogP contribution in [0.2, 0.25) is 0 Å². The number of ether oxygens (including phenoxy) is 1. The zero-order chi connectivity index (χ0) is 19.3. The highest BCUT2D eigenvalue weighted by atomic mass is 32.2. The van der Waals surface area contributed by atoms with Gasteiger partial charge in [0.1, 0.15) is 5.75 Å². The van der Waals surface area contributed by atoms with Gasteiger partial charge in [-0.3, -0.25) is 10.1 Å². The van der Waals surface area contributed by atoms with Crippen molar-refractivity contribution in [2.24, 2.45) is 0 Å². The molecule has 0 aliphatic heterocycles. The van der Waals surface area contributed by atoms with Crippen LogP contribution in [0.3, 0.4) is 0 Å². The standard InChI is InChI=1S/C17H21N3O5S/c1-19(2)12-15(13-7-5-4-6-8-13)18-26(23,24)17-10-9-14(25-3)11-16(17)20(21)22/h4-11,15,18H,12H2,1-3H3. The van der Waals surface area contributed by atoms with E-state index in [2.05, 4.69) is 4.72 Å². The molecule has 0 bridgehead atoms. The first-order chi connectivity index (χ1) is 12.2. The number of hydrogen-bond donors (Lipinski definition) is 1. The van der Waals surface area contributed by atoms with Crippen LogP contribution in [0, 0.1) is 10.1 Å².